The first-order chi connectivity index (χ1) is 15.2. The van der Waals surface area contributed by atoms with Crippen LogP contribution in [0.5, 0.6) is 0 Å². The molecule has 0 unspecified atom stereocenters. The van der Waals surface area contributed by atoms with E-state index in [9.17, 15) is 4.79 Å². The molecule has 8 heteroatoms. The lowest BCUT2D eigenvalue weighted by atomic mass is 10.1. The monoisotopic (exact) mass is 430 g/mol. The molecule has 2 aromatic heterocycles. The molecule has 0 aliphatic rings. The normalized spacial score (nSPS) is 10.6. The van der Waals surface area contributed by atoms with Gasteiger partial charge in [0.1, 0.15) is 0 Å². The number of hydrogen-bond acceptors (Lipinski definition) is 5. The predicted octanol–water partition coefficient (Wildman–Crippen LogP) is 4.50. The van der Waals surface area contributed by atoms with Gasteiger partial charge in [0.25, 0.3) is 0 Å². The number of urea groups is 1. The third-order valence-electron chi connectivity index (χ3n) is 4.58. The molecule has 2 N–H and O–H groups in total. The predicted molar refractivity (Wildman–Crippen MR) is 121 cm³/mol. The van der Waals surface area contributed by atoms with E-state index >= 15 is 0 Å². The molecule has 0 aliphatic heterocycles. The van der Waals surface area contributed by atoms with Crippen molar-refractivity contribution in [2.75, 3.05) is 5.32 Å². The molecule has 31 heavy (non-hydrogen) atoms. The minimum atomic E-state index is -0.240. The van der Waals surface area contributed by atoms with Crippen molar-refractivity contribution in [3.05, 3.63) is 96.1 Å². The summed E-state index contributed by atoms with van der Waals surface area (Å²) in [5.74, 6) is 0. The van der Waals surface area contributed by atoms with Gasteiger partial charge >= 0.3 is 6.03 Å². The van der Waals surface area contributed by atoms with Crippen molar-refractivity contribution in [2.45, 2.75) is 30.1 Å². The average Bonchev–Trinajstić information content (AvgIpc) is 3.29. The Labute approximate surface area is 184 Å². The Bertz CT molecular complexity index is 1130. The van der Waals surface area contributed by atoms with Gasteiger partial charge in [-0.1, -0.05) is 24.3 Å². The summed E-state index contributed by atoms with van der Waals surface area (Å²) in [7, 11) is 0. The van der Waals surface area contributed by atoms with Gasteiger partial charge in [0.2, 0.25) is 0 Å². The number of carbonyl (C=O) groups is 1. The lowest BCUT2D eigenvalue weighted by Gasteiger charge is -2.11. The molecule has 7 nitrogen and oxygen atoms in total. The zero-order chi connectivity index (χ0) is 21.5. The second-order valence-electron chi connectivity index (χ2n) is 6.94. The van der Waals surface area contributed by atoms with Gasteiger partial charge in [-0.25, -0.2) is 14.8 Å². The van der Waals surface area contributed by atoms with Gasteiger partial charge < -0.3 is 10.6 Å². The number of amides is 2. The Morgan fingerprint density at radius 2 is 1.77 bits per heavy atom. The van der Waals surface area contributed by atoms with Crippen LogP contribution in [-0.4, -0.2) is 25.8 Å². The minimum absolute atomic E-state index is 0.240. The summed E-state index contributed by atoms with van der Waals surface area (Å²) < 4.78 is 1.87. The highest BCUT2D eigenvalue weighted by molar-refractivity contribution is 7.99. The summed E-state index contributed by atoms with van der Waals surface area (Å²) in [5, 5.41) is 10.7. The number of nitrogens with one attached hydrogen (secondary N) is 2. The molecular formula is C23H22N6OS. The van der Waals surface area contributed by atoms with E-state index in [1.165, 1.54) is 11.8 Å². The highest BCUT2D eigenvalue weighted by atomic mass is 32.2. The van der Waals surface area contributed by atoms with Crippen LogP contribution in [-0.2, 0) is 13.1 Å². The van der Waals surface area contributed by atoms with Crippen LogP contribution in [0.4, 0.5) is 10.5 Å². The number of rotatable bonds is 7. The fourth-order valence-electron chi connectivity index (χ4n) is 2.98. The number of anilines is 1. The topological polar surface area (TPSA) is 84.7 Å². The number of aryl methyl sites for hydroxylation is 1. The van der Waals surface area contributed by atoms with Gasteiger partial charge in [-0.15, -0.1) is 0 Å². The molecule has 0 atom stereocenters. The molecule has 0 bridgehead atoms. The van der Waals surface area contributed by atoms with E-state index < -0.39 is 0 Å². The van der Waals surface area contributed by atoms with Crippen LogP contribution in [0, 0.1) is 6.92 Å². The average molecular weight is 431 g/mol. The van der Waals surface area contributed by atoms with Crippen molar-refractivity contribution in [3.63, 3.8) is 0 Å². The highest BCUT2D eigenvalue weighted by Crippen LogP contribution is 2.27. The Morgan fingerprint density at radius 1 is 1.00 bits per heavy atom. The second kappa shape index (κ2) is 9.90. The largest absolute Gasteiger partial charge is 0.334 e. The Balaban J connectivity index is 1.28. The van der Waals surface area contributed by atoms with Crippen LogP contribution in [0.2, 0.25) is 0 Å². The molecule has 4 aromatic rings. The van der Waals surface area contributed by atoms with Crippen molar-refractivity contribution in [2.24, 2.45) is 0 Å². The van der Waals surface area contributed by atoms with Gasteiger partial charge in [0.05, 0.1) is 6.54 Å². The molecule has 0 saturated heterocycles. The standard InChI is InChI=1S/C23H22N6OS/c1-17-14-20(31-23-24-10-2-11-25-23)8-9-21(17)28-22(30)26-15-18-4-6-19(7-5-18)16-29-13-3-12-27-29/h2-14H,15-16H2,1H3,(H2,26,28,30). The van der Waals surface area contributed by atoms with Crippen molar-refractivity contribution >= 4 is 23.5 Å². The number of nitrogens with zero attached hydrogens (tertiary/aromatic N) is 4. The first-order valence-corrected chi connectivity index (χ1v) is 10.6. The lowest BCUT2D eigenvalue weighted by molar-refractivity contribution is 0.251. The number of aromatic nitrogens is 4. The van der Waals surface area contributed by atoms with Gasteiger partial charge in [-0.3, -0.25) is 4.68 Å². The lowest BCUT2D eigenvalue weighted by Crippen LogP contribution is -2.28. The summed E-state index contributed by atoms with van der Waals surface area (Å²) >= 11 is 1.48. The quantitative estimate of drug-likeness (QED) is 0.422. The van der Waals surface area contributed by atoms with Crippen molar-refractivity contribution in [1.82, 2.24) is 25.1 Å². The number of carbonyl (C=O) groups excluding carboxylic acids is 1. The van der Waals surface area contributed by atoms with E-state index in [1.807, 2.05) is 66.3 Å². The van der Waals surface area contributed by atoms with Crippen LogP contribution >= 0.6 is 11.8 Å². The van der Waals surface area contributed by atoms with Gasteiger partial charge in [-0.05, 0) is 65.7 Å². The summed E-state index contributed by atoms with van der Waals surface area (Å²) in [6.07, 6.45) is 7.13. The maximum absolute atomic E-state index is 12.3. The Kier molecular flexibility index (Phi) is 6.59. The molecule has 2 heterocycles. The van der Waals surface area contributed by atoms with E-state index in [4.69, 9.17) is 0 Å². The smallest absolute Gasteiger partial charge is 0.319 e. The maximum Gasteiger partial charge on any atom is 0.319 e. The number of hydrogen-bond donors (Lipinski definition) is 2. The highest BCUT2D eigenvalue weighted by Gasteiger charge is 2.07. The van der Waals surface area contributed by atoms with Crippen LogP contribution in [0.25, 0.3) is 0 Å². The first-order valence-electron chi connectivity index (χ1n) is 9.81. The first kappa shape index (κ1) is 20.6. The van der Waals surface area contributed by atoms with Gasteiger partial charge in [0.15, 0.2) is 5.16 Å². The molecule has 2 aromatic carbocycles. The van der Waals surface area contributed by atoms with E-state index in [-0.39, 0.29) is 6.03 Å². The summed E-state index contributed by atoms with van der Waals surface area (Å²) in [4.78, 5) is 21.8. The zero-order valence-electron chi connectivity index (χ0n) is 17.0. The molecule has 0 aliphatic carbocycles. The van der Waals surface area contributed by atoms with E-state index in [1.54, 1.807) is 24.7 Å². The molecule has 2 amide bonds. The second-order valence-corrected chi connectivity index (χ2v) is 7.98. The van der Waals surface area contributed by atoms with Crippen LogP contribution < -0.4 is 10.6 Å². The van der Waals surface area contributed by atoms with E-state index in [2.05, 4.69) is 25.7 Å². The molecular weight excluding hydrogens is 408 g/mol. The van der Waals surface area contributed by atoms with Gasteiger partial charge in [0, 0.05) is 41.9 Å². The summed E-state index contributed by atoms with van der Waals surface area (Å²) in [6, 6.07) is 17.4. The fraction of sp³-hybridized carbons (Fsp3) is 0.130. The van der Waals surface area contributed by atoms with Crippen LogP contribution in [0.3, 0.4) is 0 Å². The van der Waals surface area contributed by atoms with Gasteiger partial charge in [-0.2, -0.15) is 5.10 Å². The van der Waals surface area contributed by atoms with Crippen molar-refractivity contribution in [3.8, 4) is 0 Å². The molecule has 156 valence electrons. The molecule has 0 radical (unpaired) electrons. The Hall–Kier alpha value is -3.65. The minimum Gasteiger partial charge on any atom is -0.334 e. The van der Waals surface area contributed by atoms with Crippen LogP contribution in [0.1, 0.15) is 16.7 Å². The zero-order valence-corrected chi connectivity index (χ0v) is 17.8. The molecule has 0 saturated carbocycles. The van der Waals surface area contributed by atoms with E-state index in [0.717, 1.165) is 33.8 Å². The summed E-state index contributed by atoms with van der Waals surface area (Å²) in [5.41, 5.74) is 3.93. The Morgan fingerprint density at radius 3 is 2.48 bits per heavy atom. The molecule has 4 rings (SSSR count). The van der Waals surface area contributed by atoms with Crippen LogP contribution in [0.15, 0.2) is 89.4 Å². The van der Waals surface area contributed by atoms with E-state index in [0.29, 0.717) is 11.7 Å². The summed E-state index contributed by atoms with van der Waals surface area (Å²) in [6.45, 7) is 3.14. The van der Waals surface area contributed by atoms with Crippen molar-refractivity contribution in [1.29, 1.82) is 0 Å². The molecule has 0 fully saturated rings. The fourth-order valence-corrected chi connectivity index (χ4v) is 3.79. The molecule has 0 spiro atoms. The van der Waals surface area contributed by atoms with Crippen molar-refractivity contribution < 1.29 is 4.79 Å². The third-order valence-corrected chi connectivity index (χ3v) is 5.46. The number of benzene rings is 2. The maximum atomic E-state index is 12.3. The third kappa shape index (κ3) is 5.93. The SMILES string of the molecule is Cc1cc(Sc2ncccn2)ccc1NC(=O)NCc1ccc(Cn2cccn2)cc1.